The molecule has 1 aliphatic rings. The summed E-state index contributed by atoms with van der Waals surface area (Å²) in [5.41, 5.74) is 4.88. The standard InChI is InChI=1S/C31H35FN2O3/c1-20(2)15-29(35)34-14-13-24-11-12-27(18-28(24)30(34)25-9-6-10-26(32)17-25)37-22(4)31(36)33-19-23-8-5-7-21(3)16-23/h5-12,16-18,20,22,30H,13-15,19H2,1-4H3,(H,33,36)/t22-,30+/m0/s1. The van der Waals surface area contributed by atoms with Crippen molar-refractivity contribution in [1.29, 1.82) is 0 Å². The fourth-order valence-corrected chi connectivity index (χ4v) is 4.85. The molecule has 0 aromatic heterocycles. The fraction of sp³-hybridized carbons (Fsp3) is 0.355. The number of carbonyl (C=O) groups is 2. The zero-order valence-electron chi connectivity index (χ0n) is 22.0. The molecule has 0 radical (unpaired) electrons. The van der Waals surface area contributed by atoms with Gasteiger partial charge in [0.25, 0.3) is 5.91 Å². The molecule has 0 spiro atoms. The zero-order valence-corrected chi connectivity index (χ0v) is 22.0. The summed E-state index contributed by atoms with van der Waals surface area (Å²) in [4.78, 5) is 27.8. The molecule has 0 fully saturated rings. The number of amides is 2. The Morgan fingerprint density at radius 2 is 1.84 bits per heavy atom. The number of ether oxygens (including phenoxy) is 1. The van der Waals surface area contributed by atoms with Crippen molar-refractivity contribution in [2.75, 3.05) is 6.54 Å². The molecule has 0 aliphatic carbocycles. The Morgan fingerprint density at radius 3 is 2.57 bits per heavy atom. The number of aryl methyl sites for hydroxylation is 1. The number of nitrogens with one attached hydrogen (secondary N) is 1. The monoisotopic (exact) mass is 502 g/mol. The van der Waals surface area contributed by atoms with E-state index >= 15 is 0 Å². The molecule has 6 heteroatoms. The van der Waals surface area contributed by atoms with E-state index in [0.29, 0.717) is 31.7 Å². The van der Waals surface area contributed by atoms with Crippen molar-refractivity contribution >= 4 is 11.8 Å². The molecule has 1 aliphatic heterocycles. The molecule has 0 bridgehead atoms. The van der Waals surface area contributed by atoms with Crippen LogP contribution in [0.1, 0.15) is 61.1 Å². The Balaban J connectivity index is 1.56. The van der Waals surface area contributed by atoms with Crippen LogP contribution in [0.15, 0.2) is 66.7 Å². The van der Waals surface area contributed by atoms with E-state index in [-0.39, 0.29) is 23.5 Å². The normalized spacial score (nSPS) is 15.7. The molecule has 3 aromatic carbocycles. The second-order valence-electron chi connectivity index (χ2n) is 10.2. The highest BCUT2D eigenvalue weighted by molar-refractivity contribution is 5.80. The lowest BCUT2D eigenvalue weighted by atomic mass is 9.87. The fourth-order valence-electron chi connectivity index (χ4n) is 4.85. The van der Waals surface area contributed by atoms with Gasteiger partial charge in [0.2, 0.25) is 5.91 Å². The largest absolute Gasteiger partial charge is 0.481 e. The van der Waals surface area contributed by atoms with E-state index in [0.717, 1.165) is 27.8 Å². The first kappa shape index (κ1) is 26.4. The minimum Gasteiger partial charge on any atom is -0.481 e. The van der Waals surface area contributed by atoms with Gasteiger partial charge in [-0.2, -0.15) is 0 Å². The lowest BCUT2D eigenvalue weighted by Crippen LogP contribution is -2.41. The van der Waals surface area contributed by atoms with Crippen LogP contribution >= 0.6 is 0 Å². The van der Waals surface area contributed by atoms with E-state index in [1.165, 1.54) is 12.1 Å². The molecule has 1 N–H and O–H groups in total. The summed E-state index contributed by atoms with van der Waals surface area (Å²) in [7, 11) is 0. The minimum atomic E-state index is -0.710. The summed E-state index contributed by atoms with van der Waals surface area (Å²) >= 11 is 0. The third kappa shape index (κ3) is 6.56. The quantitative estimate of drug-likeness (QED) is 0.428. The third-order valence-electron chi connectivity index (χ3n) is 6.64. The molecule has 2 amide bonds. The van der Waals surface area contributed by atoms with Gasteiger partial charge in [-0.15, -0.1) is 0 Å². The molecule has 3 aromatic rings. The summed E-state index contributed by atoms with van der Waals surface area (Å²) in [5, 5.41) is 2.93. The predicted molar refractivity (Wildman–Crippen MR) is 143 cm³/mol. The highest BCUT2D eigenvalue weighted by Crippen LogP contribution is 2.38. The number of halogens is 1. The number of hydrogen-bond donors (Lipinski definition) is 1. The Bertz CT molecular complexity index is 1270. The molecule has 0 saturated heterocycles. The highest BCUT2D eigenvalue weighted by Gasteiger charge is 2.33. The topological polar surface area (TPSA) is 58.6 Å². The molecule has 0 unspecified atom stereocenters. The van der Waals surface area contributed by atoms with E-state index in [9.17, 15) is 14.0 Å². The van der Waals surface area contributed by atoms with E-state index in [2.05, 4.69) is 5.32 Å². The van der Waals surface area contributed by atoms with Gasteiger partial charge in [-0.3, -0.25) is 9.59 Å². The Hall–Kier alpha value is -3.67. The van der Waals surface area contributed by atoms with Crippen LogP contribution in [-0.2, 0) is 22.6 Å². The summed E-state index contributed by atoms with van der Waals surface area (Å²) < 4.78 is 20.3. The SMILES string of the molecule is Cc1cccc(CNC(=O)[C@H](C)Oc2ccc3c(c2)[C@@H](c2cccc(F)c2)N(C(=O)CC(C)C)CC3)c1. The molecule has 194 valence electrons. The van der Waals surface area contributed by atoms with Gasteiger partial charge in [-0.1, -0.05) is 61.9 Å². The lowest BCUT2D eigenvalue weighted by molar-refractivity contribution is -0.134. The first-order chi connectivity index (χ1) is 17.7. The molecule has 5 nitrogen and oxygen atoms in total. The van der Waals surface area contributed by atoms with Crippen molar-refractivity contribution in [2.24, 2.45) is 5.92 Å². The lowest BCUT2D eigenvalue weighted by Gasteiger charge is -2.38. The van der Waals surface area contributed by atoms with Gasteiger partial charge in [0.05, 0.1) is 6.04 Å². The second-order valence-corrected chi connectivity index (χ2v) is 10.2. The van der Waals surface area contributed by atoms with Crippen LogP contribution in [0.2, 0.25) is 0 Å². The first-order valence-electron chi connectivity index (χ1n) is 12.9. The van der Waals surface area contributed by atoms with Crippen LogP contribution in [-0.4, -0.2) is 29.4 Å². The van der Waals surface area contributed by atoms with Crippen LogP contribution in [0.3, 0.4) is 0 Å². The number of nitrogens with zero attached hydrogens (tertiary/aromatic N) is 1. The Labute approximate surface area is 218 Å². The zero-order chi connectivity index (χ0) is 26.5. The number of fused-ring (bicyclic) bond motifs is 1. The van der Waals surface area contributed by atoms with Crippen LogP contribution in [0.25, 0.3) is 0 Å². The van der Waals surface area contributed by atoms with Crippen LogP contribution < -0.4 is 10.1 Å². The van der Waals surface area contributed by atoms with Gasteiger partial charge in [-0.25, -0.2) is 4.39 Å². The molecular weight excluding hydrogens is 467 g/mol. The van der Waals surface area contributed by atoms with E-state index in [1.54, 1.807) is 13.0 Å². The van der Waals surface area contributed by atoms with E-state index in [4.69, 9.17) is 4.74 Å². The summed E-state index contributed by atoms with van der Waals surface area (Å²) in [6.07, 6.45) is 0.422. The maximum Gasteiger partial charge on any atom is 0.261 e. The van der Waals surface area contributed by atoms with Gasteiger partial charge in [0.1, 0.15) is 11.6 Å². The van der Waals surface area contributed by atoms with Gasteiger partial charge in [0, 0.05) is 19.5 Å². The average Bonchev–Trinajstić information content (AvgIpc) is 2.86. The number of benzene rings is 3. The van der Waals surface area contributed by atoms with Crippen molar-refractivity contribution < 1.29 is 18.7 Å². The predicted octanol–water partition coefficient (Wildman–Crippen LogP) is 5.74. The maximum absolute atomic E-state index is 14.2. The summed E-state index contributed by atoms with van der Waals surface area (Å²) in [5.74, 6) is 0.249. The smallest absolute Gasteiger partial charge is 0.261 e. The molecule has 1 heterocycles. The molecular formula is C31H35FN2O3. The van der Waals surface area contributed by atoms with Crippen molar-refractivity contribution in [3.63, 3.8) is 0 Å². The second kappa shape index (κ2) is 11.6. The van der Waals surface area contributed by atoms with Gasteiger partial charge < -0.3 is 15.0 Å². The van der Waals surface area contributed by atoms with Crippen molar-refractivity contribution in [3.8, 4) is 5.75 Å². The Morgan fingerprint density at radius 1 is 1.05 bits per heavy atom. The average molecular weight is 503 g/mol. The van der Waals surface area contributed by atoms with Gasteiger partial charge in [0.15, 0.2) is 6.10 Å². The van der Waals surface area contributed by atoms with Crippen molar-refractivity contribution in [3.05, 3.63) is 100 Å². The molecule has 37 heavy (non-hydrogen) atoms. The molecule has 4 rings (SSSR count). The molecule has 0 saturated carbocycles. The summed E-state index contributed by atoms with van der Waals surface area (Å²) in [6, 6.07) is 19.7. The van der Waals surface area contributed by atoms with E-state index < -0.39 is 12.1 Å². The minimum absolute atomic E-state index is 0.0464. The van der Waals surface area contributed by atoms with Crippen molar-refractivity contribution in [1.82, 2.24) is 10.2 Å². The van der Waals surface area contributed by atoms with Crippen molar-refractivity contribution in [2.45, 2.75) is 59.2 Å². The number of carbonyl (C=O) groups excluding carboxylic acids is 2. The molecule has 2 atom stereocenters. The first-order valence-corrected chi connectivity index (χ1v) is 12.9. The number of rotatable bonds is 8. The van der Waals surface area contributed by atoms with Gasteiger partial charge >= 0.3 is 0 Å². The highest BCUT2D eigenvalue weighted by atomic mass is 19.1. The van der Waals surface area contributed by atoms with Gasteiger partial charge in [-0.05, 0) is 72.7 Å². The maximum atomic E-state index is 14.2. The van der Waals surface area contributed by atoms with E-state index in [1.807, 2.05) is 74.2 Å². The van der Waals surface area contributed by atoms with Crippen LogP contribution in [0, 0.1) is 18.7 Å². The van der Waals surface area contributed by atoms with Crippen LogP contribution in [0.4, 0.5) is 4.39 Å². The Kier molecular flexibility index (Phi) is 8.27. The summed E-state index contributed by atoms with van der Waals surface area (Å²) in [6.45, 7) is 8.76. The number of hydrogen-bond acceptors (Lipinski definition) is 3. The third-order valence-corrected chi connectivity index (χ3v) is 6.64. The van der Waals surface area contributed by atoms with Crippen LogP contribution in [0.5, 0.6) is 5.75 Å².